The van der Waals surface area contributed by atoms with Gasteiger partial charge < -0.3 is 5.32 Å². The summed E-state index contributed by atoms with van der Waals surface area (Å²) < 4.78 is 0. The summed E-state index contributed by atoms with van der Waals surface area (Å²) in [5.74, 6) is 0.561. The molecule has 1 aliphatic heterocycles. The van der Waals surface area contributed by atoms with E-state index < -0.39 is 0 Å². The largest absolute Gasteiger partial charge is 0.304 e. The molecule has 1 heterocycles. The predicted octanol–water partition coefficient (Wildman–Crippen LogP) is 2.87. The molecule has 0 spiro atoms. The van der Waals surface area contributed by atoms with Gasteiger partial charge in [-0.3, -0.25) is 4.90 Å². The molecule has 1 rings (SSSR count). The van der Waals surface area contributed by atoms with Gasteiger partial charge in [0.05, 0.1) is 0 Å². The molecule has 0 aromatic heterocycles. The van der Waals surface area contributed by atoms with Gasteiger partial charge in [0.2, 0.25) is 0 Å². The number of hydrogen-bond donors (Lipinski definition) is 1. The van der Waals surface area contributed by atoms with E-state index >= 15 is 0 Å². The van der Waals surface area contributed by atoms with E-state index in [1.807, 2.05) is 0 Å². The summed E-state index contributed by atoms with van der Waals surface area (Å²) in [6, 6.07) is 0.486. The smallest absolute Gasteiger partial charge is 0.0486 e. The number of nitrogens with one attached hydrogen (secondary N) is 1. The zero-order valence-corrected chi connectivity index (χ0v) is 11.6. The Morgan fingerprint density at radius 2 is 1.94 bits per heavy atom. The van der Waals surface area contributed by atoms with E-state index in [2.05, 4.69) is 51.4 Å². The third-order valence-corrected chi connectivity index (χ3v) is 3.39. The summed E-state index contributed by atoms with van der Waals surface area (Å²) in [6.45, 7) is 19.1. The van der Waals surface area contributed by atoms with Gasteiger partial charge in [0, 0.05) is 19.3 Å². The van der Waals surface area contributed by atoms with Gasteiger partial charge >= 0.3 is 0 Å². The second-order valence-corrected chi connectivity index (χ2v) is 6.32. The molecule has 2 nitrogen and oxygen atoms in total. The monoisotopic (exact) mass is 224 g/mol. The molecule has 94 valence electrons. The molecular formula is C14H28N2. The Kier molecular flexibility index (Phi) is 4.57. The zero-order chi connectivity index (χ0) is 12.3. The fraction of sp³-hybridized carbons (Fsp3) is 0.857. The first kappa shape index (κ1) is 13.7. The summed E-state index contributed by atoms with van der Waals surface area (Å²) in [6.07, 6.45) is 1.25. The van der Waals surface area contributed by atoms with E-state index in [0.717, 1.165) is 13.2 Å². The van der Waals surface area contributed by atoms with E-state index in [4.69, 9.17) is 0 Å². The van der Waals surface area contributed by atoms with Crippen molar-refractivity contribution in [3.05, 3.63) is 12.2 Å². The maximum atomic E-state index is 4.33. The molecule has 1 fully saturated rings. The van der Waals surface area contributed by atoms with Crippen LogP contribution in [0, 0.1) is 11.3 Å². The Bertz CT molecular complexity index is 232. The minimum Gasteiger partial charge on any atom is -0.304 e. The first-order valence-electron chi connectivity index (χ1n) is 6.47. The van der Waals surface area contributed by atoms with E-state index in [9.17, 15) is 0 Å². The lowest BCUT2D eigenvalue weighted by Crippen LogP contribution is -2.53. The van der Waals surface area contributed by atoms with Crippen molar-refractivity contribution in [1.29, 1.82) is 0 Å². The van der Waals surface area contributed by atoms with Crippen LogP contribution in [-0.2, 0) is 0 Å². The van der Waals surface area contributed by atoms with Crippen molar-refractivity contribution in [3.63, 3.8) is 0 Å². The fourth-order valence-corrected chi connectivity index (χ4v) is 2.58. The Balaban J connectivity index is 2.82. The maximum Gasteiger partial charge on any atom is 0.0486 e. The molecular weight excluding hydrogens is 196 g/mol. The minimum absolute atomic E-state index is 0.264. The molecule has 1 saturated heterocycles. The van der Waals surface area contributed by atoms with Crippen LogP contribution in [0.25, 0.3) is 0 Å². The molecule has 1 N–H and O–H groups in total. The first-order valence-corrected chi connectivity index (χ1v) is 6.47. The van der Waals surface area contributed by atoms with Gasteiger partial charge in [-0.2, -0.15) is 0 Å². The van der Waals surface area contributed by atoms with Crippen LogP contribution < -0.4 is 5.32 Å². The highest BCUT2D eigenvalue weighted by molar-refractivity contribution is 5.13. The quantitative estimate of drug-likeness (QED) is 0.742. The average Bonchev–Trinajstić information content (AvgIpc) is 2.17. The van der Waals surface area contributed by atoms with Crippen molar-refractivity contribution in [2.45, 2.75) is 47.1 Å². The van der Waals surface area contributed by atoms with Crippen LogP contribution in [0.3, 0.4) is 0 Å². The molecule has 2 heteroatoms. The van der Waals surface area contributed by atoms with Crippen molar-refractivity contribution in [2.24, 2.45) is 11.3 Å². The highest BCUT2D eigenvalue weighted by Gasteiger charge is 2.33. The van der Waals surface area contributed by atoms with E-state index in [1.54, 1.807) is 0 Å². The molecule has 0 bridgehead atoms. The number of hydrogen-bond acceptors (Lipinski definition) is 2. The van der Waals surface area contributed by atoms with Gasteiger partial charge in [0.1, 0.15) is 0 Å². The average molecular weight is 224 g/mol. The lowest BCUT2D eigenvalue weighted by atomic mass is 9.78. The molecule has 0 amide bonds. The molecule has 0 aromatic carbocycles. The Morgan fingerprint density at radius 3 is 2.31 bits per heavy atom. The first-order chi connectivity index (χ1) is 7.34. The molecule has 0 radical (unpaired) electrons. The Hall–Kier alpha value is -0.340. The molecule has 0 aromatic rings. The molecule has 1 atom stereocenters. The summed E-state index contributed by atoms with van der Waals surface area (Å²) in [7, 11) is 0. The van der Waals surface area contributed by atoms with Crippen LogP contribution in [0.15, 0.2) is 12.2 Å². The standard InChI is InChI=1S/C14H28N2/c1-11(2)12(3)13(14(4,5)6)16-9-7-8-15-10-16/h11,13,15H,3,7-10H2,1-2,4-6H3. The summed E-state index contributed by atoms with van der Waals surface area (Å²) >= 11 is 0. The van der Waals surface area contributed by atoms with Crippen LogP contribution in [0.2, 0.25) is 0 Å². The van der Waals surface area contributed by atoms with Crippen LogP contribution in [0.5, 0.6) is 0 Å². The van der Waals surface area contributed by atoms with Gasteiger partial charge in [0.15, 0.2) is 0 Å². The molecule has 0 aliphatic carbocycles. The van der Waals surface area contributed by atoms with Crippen molar-refractivity contribution in [3.8, 4) is 0 Å². The summed E-state index contributed by atoms with van der Waals surface area (Å²) in [4.78, 5) is 2.55. The van der Waals surface area contributed by atoms with Gasteiger partial charge in [0.25, 0.3) is 0 Å². The topological polar surface area (TPSA) is 15.3 Å². The van der Waals surface area contributed by atoms with Crippen molar-refractivity contribution >= 4 is 0 Å². The summed E-state index contributed by atoms with van der Waals surface area (Å²) in [5.41, 5.74) is 1.64. The fourth-order valence-electron chi connectivity index (χ4n) is 2.58. The van der Waals surface area contributed by atoms with Crippen LogP contribution in [0.1, 0.15) is 41.0 Å². The second-order valence-electron chi connectivity index (χ2n) is 6.32. The Morgan fingerprint density at radius 1 is 1.31 bits per heavy atom. The third kappa shape index (κ3) is 3.33. The van der Waals surface area contributed by atoms with Gasteiger partial charge in [-0.05, 0) is 24.3 Å². The molecule has 16 heavy (non-hydrogen) atoms. The highest BCUT2D eigenvalue weighted by Crippen LogP contribution is 2.32. The zero-order valence-electron chi connectivity index (χ0n) is 11.6. The molecule has 1 aliphatic rings. The van der Waals surface area contributed by atoms with Gasteiger partial charge in [-0.25, -0.2) is 0 Å². The molecule has 0 saturated carbocycles. The van der Waals surface area contributed by atoms with Crippen LogP contribution >= 0.6 is 0 Å². The highest BCUT2D eigenvalue weighted by atomic mass is 15.3. The van der Waals surface area contributed by atoms with Crippen molar-refractivity contribution in [1.82, 2.24) is 10.2 Å². The SMILES string of the molecule is C=C(C(C)C)C(N1CCCNC1)C(C)(C)C. The van der Waals surface area contributed by atoms with Gasteiger partial charge in [-0.15, -0.1) is 0 Å². The van der Waals surface area contributed by atoms with E-state index in [0.29, 0.717) is 12.0 Å². The van der Waals surface area contributed by atoms with Gasteiger partial charge in [-0.1, -0.05) is 46.8 Å². The number of nitrogens with zero attached hydrogens (tertiary/aromatic N) is 1. The van der Waals surface area contributed by atoms with Crippen molar-refractivity contribution in [2.75, 3.05) is 19.8 Å². The predicted molar refractivity (Wildman–Crippen MR) is 71.4 cm³/mol. The van der Waals surface area contributed by atoms with Crippen LogP contribution in [-0.4, -0.2) is 30.7 Å². The normalized spacial score (nSPS) is 21.1. The van der Waals surface area contributed by atoms with Crippen LogP contribution in [0.4, 0.5) is 0 Å². The lowest BCUT2D eigenvalue weighted by molar-refractivity contribution is 0.0920. The van der Waals surface area contributed by atoms with Crippen molar-refractivity contribution < 1.29 is 0 Å². The van der Waals surface area contributed by atoms with E-state index in [1.165, 1.54) is 18.5 Å². The molecule has 1 unspecified atom stereocenters. The third-order valence-electron chi connectivity index (χ3n) is 3.39. The number of rotatable bonds is 3. The second kappa shape index (κ2) is 5.33. The summed E-state index contributed by atoms with van der Waals surface area (Å²) in [5, 5.41) is 3.47. The maximum absolute atomic E-state index is 4.33. The lowest BCUT2D eigenvalue weighted by Gasteiger charge is -2.44. The minimum atomic E-state index is 0.264. The van der Waals surface area contributed by atoms with E-state index in [-0.39, 0.29) is 5.41 Å². The Labute approximate surface area is 101 Å².